The lowest BCUT2D eigenvalue weighted by atomic mass is 10.0. The minimum atomic E-state index is -0.347. The summed E-state index contributed by atoms with van der Waals surface area (Å²) in [6.45, 7) is 3.72. The van der Waals surface area contributed by atoms with Gasteiger partial charge in [-0.05, 0) is 23.4 Å². The number of halogens is 1. The van der Waals surface area contributed by atoms with Crippen LogP contribution in [-0.2, 0) is 0 Å². The maximum absolute atomic E-state index is 13.7. The molecule has 4 heteroatoms. The Balaban J connectivity index is 2.38. The van der Waals surface area contributed by atoms with Crippen molar-refractivity contribution in [2.75, 3.05) is 6.61 Å². The van der Waals surface area contributed by atoms with Gasteiger partial charge in [0.25, 0.3) is 5.91 Å². The Morgan fingerprint density at radius 1 is 1.20 bits per heavy atom. The van der Waals surface area contributed by atoms with E-state index in [-0.39, 0.29) is 30.3 Å². The lowest BCUT2D eigenvalue weighted by Gasteiger charge is -2.20. The molecule has 0 saturated carbocycles. The van der Waals surface area contributed by atoms with Crippen molar-refractivity contribution in [3.8, 4) is 0 Å². The van der Waals surface area contributed by atoms with Gasteiger partial charge in [-0.15, -0.1) is 0 Å². The van der Waals surface area contributed by atoms with Crippen LogP contribution in [0.3, 0.4) is 0 Å². The van der Waals surface area contributed by atoms with E-state index in [2.05, 4.69) is 5.32 Å². The van der Waals surface area contributed by atoms with Crippen molar-refractivity contribution >= 4 is 16.7 Å². The lowest BCUT2D eigenvalue weighted by Crippen LogP contribution is -2.41. The predicted molar refractivity (Wildman–Crippen MR) is 77.1 cm³/mol. The van der Waals surface area contributed by atoms with Crippen molar-refractivity contribution in [1.29, 1.82) is 0 Å². The number of nitrogens with one attached hydrogen (secondary N) is 1. The normalized spacial score (nSPS) is 12.7. The molecule has 0 bridgehead atoms. The van der Waals surface area contributed by atoms with E-state index in [4.69, 9.17) is 0 Å². The van der Waals surface area contributed by atoms with Crippen LogP contribution in [0.25, 0.3) is 10.8 Å². The number of benzene rings is 2. The summed E-state index contributed by atoms with van der Waals surface area (Å²) < 4.78 is 13.7. The van der Waals surface area contributed by atoms with Gasteiger partial charge in [-0.25, -0.2) is 4.39 Å². The summed E-state index contributed by atoms with van der Waals surface area (Å²) in [7, 11) is 0. The summed E-state index contributed by atoms with van der Waals surface area (Å²) in [6.07, 6.45) is 0. The Kier molecular flexibility index (Phi) is 4.35. The summed E-state index contributed by atoms with van der Waals surface area (Å²) in [5.74, 6) is -0.524. The number of amides is 1. The smallest absolute Gasteiger partial charge is 0.252 e. The van der Waals surface area contributed by atoms with Gasteiger partial charge >= 0.3 is 0 Å². The number of carbonyl (C=O) groups excluding carboxylic acids is 1. The lowest BCUT2D eigenvalue weighted by molar-refractivity contribution is 0.0898. The van der Waals surface area contributed by atoms with Gasteiger partial charge in [-0.1, -0.05) is 38.1 Å². The van der Waals surface area contributed by atoms with Crippen molar-refractivity contribution in [2.24, 2.45) is 5.92 Å². The van der Waals surface area contributed by atoms with E-state index < -0.39 is 0 Å². The van der Waals surface area contributed by atoms with Crippen molar-refractivity contribution < 1.29 is 14.3 Å². The molecule has 2 aromatic rings. The summed E-state index contributed by atoms with van der Waals surface area (Å²) >= 11 is 0. The second-order valence-corrected chi connectivity index (χ2v) is 5.15. The first-order valence-corrected chi connectivity index (χ1v) is 6.63. The Morgan fingerprint density at radius 3 is 2.45 bits per heavy atom. The van der Waals surface area contributed by atoms with Gasteiger partial charge in [0.1, 0.15) is 5.82 Å². The van der Waals surface area contributed by atoms with Gasteiger partial charge in [0.05, 0.1) is 12.6 Å². The molecule has 2 rings (SSSR count). The van der Waals surface area contributed by atoms with Gasteiger partial charge in [-0.2, -0.15) is 0 Å². The monoisotopic (exact) mass is 275 g/mol. The molecule has 0 fully saturated rings. The van der Waals surface area contributed by atoms with Gasteiger partial charge in [0.2, 0.25) is 0 Å². The van der Waals surface area contributed by atoms with Crippen molar-refractivity contribution in [1.82, 2.24) is 5.32 Å². The Morgan fingerprint density at radius 2 is 1.85 bits per heavy atom. The van der Waals surface area contributed by atoms with Crippen molar-refractivity contribution in [3.63, 3.8) is 0 Å². The number of carbonyl (C=O) groups is 1. The zero-order chi connectivity index (χ0) is 14.7. The van der Waals surface area contributed by atoms with E-state index in [0.717, 1.165) is 0 Å². The molecule has 20 heavy (non-hydrogen) atoms. The largest absolute Gasteiger partial charge is 0.394 e. The molecule has 0 aliphatic heterocycles. The standard InChI is InChI=1S/C16H18FNO2/c1-10(2)15(9-19)18-16(20)13-7-8-14(17)12-6-4-3-5-11(12)13/h3-8,10,15,19H,9H2,1-2H3,(H,18,20). The highest BCUT2D eigenvalue weighted by atomic mass is 19.1. The molecule has 1 unspecified atom stereocenters. The molecular formula is C16H18FNO2. The highest BCUT2D eigenvalue weighted by Crippen LogP contribution is 2.22. The summed E-state index contributed by atoms with van der Waals surface area (Å²) in [5.41, 5.74) is 0.418. The van der Waals surface area contributed by atoms with E-state index in [0.29, 0.717) is 16.3 Å². The number of hydrogen-bond acceptors (Lipinski definition) is 2. The van der Waals surface area contributed by atoms with E-state index in [1.54, 1.807) is 24.3 Å². The Bertz CT molecular complexity index is 625. The van der Waals surface area contributed by atoms with Gasteiger partial charge in [0.15, 0.2) is 0 Å². The molecule has 106 valence electrons. The molecule has 0 spiro atoms. The highest BCUT2D eigenvalue weighted by Gasteiger charge is 2.18. The molecule has 0 aliphatic rings. The average Bonchev–Trinajstić information content (AvgIpc) is 2.45. The molecular weight excluding hydrogens is 257 g/mol. The summed E-state index contributed by atoms with van der Waals surface area (Å²) in [4.78, 5) is 12.3. The molecule has 2 N–H and O–H groups in total. The molecule has 0 aliphatic carbocycles. The molecule has 2 aromatic carbocycles. The molecule has 0 saturated heterocycles. The van der Waals surface area contributed by atoms with Crippen LogP contribution in [0.4, 0.5) is 4.39 Å². The fourth-order valence-electron chi connectivity index (χ4n) is 2.13. The quantitative estimate of drug-likeness (QED) is 0.901. The fourth-order valence-corrected chi connectivity index (χ4v) is 2.13. The highest BCUT2D eigenvalue weighted by molar-refractivity contribution is 6.07. The van der Waals surface area contributed by atoms with E-state index in [1.165, 1.54) is 12.1 Å². The molecule has 0 radical (unpaired) electrons. The summed E-state index contributed by atoms with van der Waals surface area (Å²) in [5, 5.41) is 13.1. The first kappa shape index (κ1) is 14.5. The first-order valence-electron chi connectivity index (χ1n) is 6.63. The van der Waals surface area contributed by atoms with Crippen LogP contribution < -0.4 is 5.32 Å². The molecule has 1 atom stereocenters. The molecule has 1 amide bonds. The number of aliphatic hydroxyl groups is 1. The minimum Gasteiger partial charge on any atom is -0.394 e. The van der Waals surface area contributed by atoms with Crippen molar-refractivity contribution in [3.05, 3.63) is 47.8 Å². The van der Waals surface area contributed by atoms with E-state index >= 15 is 0 Å². The maximum Gasteiger partial charge on any atom is 0.252 e. The molecule has 0 aromatic heterocycles. The van der Waals surface area contributed by atoms with E-state index in [9.17, 15) is 14.3 Å². The van der Waals surface area contributed by atoms with Gasteiger partial charge in [-0.3, -0.25) is 4.79 Å². The molecule has 0 heterocycles. The number of fused-ring (bicyclic) bond motifs is 1. The number of aliphatic hydroxyl groups excluding tert-OH is 1. The topological polar surface area (TPSA) is 49.3 Å². The van der Waals surface area contributed by atoms with Crippen molar-refractivity contribution in [2.45, 2.75) is 19.9 Å². The predicted octanol–water partition coefficient (Wildman–Crippen LogP) is 2.73. The summed E-state index contributed by atoms with van der Waals surface area (Å²) in [6, 6.07) is 9.32. The second-order valence-electron chi connectivity index (χ2n) is 5.15. The fraction of sp³-hybridized carbons (Fsp3) is 0.312. The first-order chi connectivity index (χ1) is 9.54. The van der Waals surface area contributed by atoms with Crippen LogP contribution in [0.1, 0.15) is 24.2 Å². The third kappa shape index (κ3) is 2.80. The third-order valence-corrected chi connectivity index (χ3v) is 3.43. The maximum atomic E-state index is 13.7. The minimum absolute atomic E-state index is 0.121. The van der Waals surface area contributed by atoms with Crippen LogP contribution in [0.15, 0.2) is 36.4 Å². The zero-order valence-corrected chi connectivity index (χ0v) is 11.6. The van der Waals surface area contributed by atoms with Crippen LogP contribution in [0.2, 0.25) is 0 Å². The van der Waals surface area contributed by atoms with Crippen LogP contribution in [0, 0.1) is 11.7 Å². The van der Waals surface area contributed by atoms with Crippen LogP contribution >= 0.6 is 0 Å². The van der Waals surface area contributed by atoms with Gasteiger partial charge in [0, 0.05) is 10.9 Å². The Hall–Kier alpha value is -1.94. The molecule has 3 nitrogen and oxygen atoms in total. The van der Waals surface area contributed by atoms with Crippen LogP contribution in [0.5, 0.6) is 0 Å². The SMILES string of the molecule is CC(C)C(CO)NC(=O)c1ccc(F)c2ccccc12. The third-order valence-electron chi connectivity index (χ3n) is 3.43. The number of hydrogen-bond donors (Lipinski definition) is 2. The van der Waals surface area contributed by atoms with Gasteiger partial charge < -0.3 is 10.4 Å². The zero-order valence-electron chi connectivity index (χ0n) is 11.6. The second kappa shape index (κ2) is 6.01. The average molecular weight is 275 g/mol. The van der Waals surface area contributed by atoms with E-state index in [1.807, 2.05) is 13.8 Å². The Labute approximate surface area is 117 Å². The number of rotatable bonds is 4. The van der Waals surface area contributed by atoms with Crippen LogP contribution in [-0.4, -0.2) is 23.7 Å².